The van der Waals surface area contributed by atoms with Crippen molar-refractivity contribution >= 4 is 21.2 Å². The molecule has 4 nitrogen and oxygen atoms in total. The Kier molecular flexibility index (Phi) is 3.47. The molecule has 1 saturated heterocycles. The molecule has 1 unspecified atom stereocenters. The third-order valence-corrected chi connectivity index (χ3v) is 5.59. The van der Waals surface area contributed by atoms with Gasteiger partial charge in [0.05, 0.1) is 22.4 Å². The fourth-order valence-corrected chi connectivity index (χ4v) is 3.93. The molecule has 0 bridgehead atoms. The number of nitrogens with one attached hydrogen (secondary N) is 1. The summed E-state index contributed by atoms with van der Waals surface area (Å²) >= 11 is 0. The highest BCUT2D eigenvalue weighted by Crippen LogP contribution is 2.25. The lowest BCUT2D eigenvalue weighted by Gasteiger charge is -2.14. The van der Waals surface area contributed by atoms with Crippen LogP contribution >= 0.6 is 0 Å². The van der Waals surface area contributed by atoms with Gasteiger partial charge < -0.3 is 11.1 Å². The summed E-state index contributed by atoms with van der Waals surface area (Å²) in [5, 5.41) is 2.65. The SMILES string of the molecule is Cc1cc(NCC2CCCS2(=O)=O)c(N)cc1F. The predicted molar refractivity (Wildman–Crippen MR) is 70.8 cm³/mol. The van der Waals surface area contributed by atoms with E-state index in [1.54, 1.807) is 13.0 Å². The van der Waals surface area contributed by atoms with E-state index in [2.05, 4.69) is 5.32 Å². The molecule has 1 fully saturated rings. The zero-order valence-corrected chi connectivity index (χ0v) is 11.1. The zero-order valence-electron chi connectivity index (χ0n) is 10.2. The number of nitrogen functional groups attached to an aromatic ring is 1. The second kappa shape index (κ2) is 4.76. The molecule has 0 aromatic heterocycles. The first-order valence-corrected chi connectivity index (χ1v) is 7.63. The highest BCUT2D eigenvalue weighted by atomic mass is 32.2. The minimum Gasteiger partial charge on any atom is -0.397 e. The van der Waals surface area contributed by atoms with Crippen molar-refractivity contribution in [3.63, 3.8) is 0 Å². The number of nitrogens with two attached hydrogens (primary N) is 1. The van der Waals surface area contributed by atoms with Crippen LogP contribution < -0.4 is 11.1 Å². The maximum absolute atomic E-state index is 13.2. The quantitative estimate of drug-likeness (QED) is 0.822. The van der Waals surface area contributed by atoms with Gasteiger partial charge in [0.15, 0.2) is 9.84 Å². The zero-order chi connectivity index (χ0) is 13.3. The molecule has 0 aliphatic carbocycles. The summed E-state index contributed by atoms with van der Waals surface area (Å²) in [4.78, 5) is 0. The Balaban J connectivity index is 2.09. The average Bonchev–Trinajstić information content (AvgIpc) is 2.61. The van der Waals surface area contributed by atoms with Gasteiger partial charge in [-0.25, -0.2) is 12.8 Å². The summed E-state index contributed by atoms with van der Waals surface area (Å²) in [6.45, 7) is 1.98. The molecular formula is C12H17FN2O2S. The van der Waals surface area contributed by atoms with E-state index < -0.39 is 9.84 Å². The maximum Gasteiger partial charge on any atom is 0.154 e. The topological polar surface area (TPSA) is 72.2 Å². The van der Waals surface area contributed by atoms with E-state index >= 15 is 0 Å². The molecule has 0 spiro atoms. The lowest BCUT2D eigenvalue weighted by molar-refractivity contribution is 0.591. The summed E-state index contributed by atoms with van der Waals surface area (Å²) < 4.78 is 36.5. The van der Waals surface area contributed by atoms with E-state index in [4.69, 9.17) is 5.73 Å². The molecule has 1 atom stereocenters. The van der Waals surface area contributed by atoms with Crippen molar-refractivity contribution in [2.75, 3.05) is 23.3 Å². The van der Waals surface area contributed by atoms with E-state index in [0.717, 1.165) is 0 Å². The lowest BCUT2D eigenvalue weighted by Crippen LogP contribution is -2.25. The van der Waals surface area contributed by atoms with Crippen molar-refractivity contribution in [2.45, 2.75) is 25.0 Å². The summed E-state index contributed by atoms with van der Waals surface area (Å²) in [6, 6.07) is 2.85. The number of anilines is 2. The minimum atomic E-state index is -2.97. The molecule has 1 heterocycles. The monoisotopic (exact) mass is 272 g/mol. The van der Waals surface area contributed by atoms with Gasteiger partial charge in [0.1, 0.15) is 5.82 Å². The van der Waals surface area contributed by atoms with Gasteiger partial charge in [0.2, 0.25) is 0 Å². The molecule has 0 saturated carbocycles. The van der Waals surface area contributed by atoms with Crippen LogP contribution in [0.25, 0.3) is 0 Å². The Morgan fingerprint density at radius 2 is 2.22 bits per heavy atom. The van der Waals surface area contributed by atoms with Gasteiger partial charge in [-0.15, -0.1) is 0 Å². The molecule has 0 radical (unpaired) electrons. The number of aryl methyl sites for hydroxylation is 1. The molecule has 2 rings (SSSR count). The molecular weight excluding hydrogens is 255 g/mol. The molecule has 1 aliphatic heterocycles. The van der Waals surface area contributed by atoms with Crippen molar-refractivity contribution in [3.05, 3.63) is 23.5 Å². The van der Waals surface area contributed by atoms with E-state index in [9.17, 15) is 12.8 Å². The van der Waals surface area contributed by atoms with E-state index in [-0.39, 0.29) is 16.8 Å². The molecule has 100 valence electrons. The van der Waals surface area contributed by atoms with Crippen molar-refractivity contribution in [3.8, 4) is 0 Å². The first kappa shape index (κ1) is 13.1. The minimum absolute atomic E-state index is 0.261. The summed E-state index contributed by atoms with van der Waals surface area (Å²) in [5.41, 5.74) is 7.07. The average molecular weight is 272 g/mol. The van der Waals surface area contributed by atoms with Crippen LogP contribution in [-0.4, -0.2) is 26.0 Å². The number of sulfone groups is 1. The molecule has 18 heavy (non-hydrogen) atoms. The van der Waals surface area contributed by atoms with E-state index in [0.29, 0.717) is 36.3 Å². The molecule has 3 N–H and O–H groups in total. The third kappa shape index (κ3) is 2.58. The Morgan fingerprint density at radius 3 is 2.83 bits per heavy atom. The summed E-state index contributed by atoms with van der Waals surface area (Å²) in [7, 11) is -2.97. The molecule has 0 amide bonds. The van der Waals surface area contributed by atoms with Crippen LogP contribution in [-0.2, 0) is 9.84 Å². The maximum atomic E-state index is 13.2. The van der Waals surface area contributed by atoms with Crippen LogP contribution in [0.3, 0.4) is 0 Å². The van der Waals surface area contributed by atoms with Crippen molar-refractivity contribution < 1.29 is 12.8 Å². The van der Waals surface area contributed by atoms with Gasteiger partial charge in [0, 0.05) is 6.54 Å². The van der Waals surface area contributed by atoms with Gasteiger partial charge in [-0.2, -0.15) is 0 Å². The summed E-state index contributed by atoms with van der Waals surface area (Å²) in [6.07, 6.45) is 1.39. The van der Waals surface area contributed by atoms with Crippen LogP contribution in [0, 0.1) is 12.7 Å². The highest BCUT2D eigenvalue weighted by Gasteiger charge is 2.30. The smallest absolute Gasteiger partial charge is 0.154 e. The number of halogens is 1. The number of hydrogen-bond donors (Lipinski definition) is 2. The summed E-state index contributed by atoms with van der Waals surface area (Å²) in [5.74, 6) is -0.0939. The van der Waals surface area contributed by atoms with Crippen molar-refractivity contribution in [2.24, 2.45) is 0 Å². The fourth-order valence-electron chi connectivity index (χ4n) is 2.16. The first-order chi connectivity index (χ1) is 8.40. The van der Waals surface area contributed by atoms with Crippen molar-refractivity contribution in [1.82, 2.24) is 0 Å². The standard InChI is InChI=1S/C12H17FN2O2S/c1-8-5-12(11(14)6-10(8)13)15-7-9-3-2-4-18(9,16)17/h5-6,9,15H,2-4,7,14H2,1H3. The number of hydrogen-bond acceptors (Lipinski definition) is 4. The van der Waals surface area contributed by atoms with Crippen LogP contribution in [0.5, 0.6) is 0 Å². The first-order valence-electron chi connectivity index (χ1n) is 5.91. The molecule has 6 heteroatoms. The Labute approximate surface area is 106 Å². The van der Waals surface area contributed by atoms with E-state index in [1.165, 1.54) is 6.07 Å². The van der Waals surface area contributed by atoms with Gasteiger partial charge in [0.25, 0.3) is 0 Å². The van der Waals surface area contributed by atoms with Gasteiger partial charge in [-0.3, -0.25) is 0 Å². The lowest BCUT2D eigenvalue weighted by atomic mass is 10.1. The number of rotatable bonds is 3. The molecule has 1 aliphatic rings. The Bertz CT molecular complexity index is 557. The molecule has 1 aromatic rings. The molecule has 1 aromatic carbocycles. The second-order valence-electron chi connectivity index (χ2n) is 4.70. The predicted octanol–water partition coefficient (Wildman–Crippen LogP) is 1.71. The Morgan fingerprint density at radius 1 is 1.50 bits per heavy atom. The van der Waals surface area contributed by atoms with Crippen LogP contribution in [0.2, 0.25) is 0 Å². The van der Waals surface area contributed by atoms with Crippen LogP contribution in [0.1, 0.15) is 18.4 Å². The fraction of sp³-hybridized carbons (Fsp3) is 0.500. The normalized spacial score (nSPS) is 22.0. The van der Waals surface area contributed by atoms with Gasteiger partial charge in [-0.05, 0) is 37.5 Å². The largest absolute Gasteiger partial charge is 0.397 e. The van der Waals surface area contributed by atoms with Crippen molar-refractivity contribution in [1.29, 1.82) is 0 Å². The highest BCUT2D eigenvalue weighted by molar-refractivity contribution is 7.92. The van der Waals surface area contributed by atoms with Crippen LogP contribution in [0.4, 0.5) is 15.8 Å². The Hall–Kier alpha value is -1.30. The van der Waals surface area contributed by atoms with Gasteiger partial charge >= 0.3 is 0 Å². The number of benzene rings is 1. The second-order valence-corrected chi connectivity index (χ2v) is 7.10. The van der Waals surface area contributed by atoms with E-state index in [1.807, 2.05) is 0 Å². The van der Waals surface area contributed by atoms with Crippen LogP contribution in [0.15, 0.2) is 12.1 Å². The third-order valence-electron chi connectivity index (χ3n) is 3.31. The van der Waals surface area contributed by atoms with Gasteiger partial charge in [-0.1, -0.05) is 0 Å².